The maximum Gasteiger partial charge on any atom is 0.338 e. The summed E-state index contributed by atoms with van der Waals surface area (Å²) in [5.74, 6) is -1.81. The van der Waals surface area contributed by atoms with Gasteiger partial charge in [0, 0.05) is 24.3 Å². The van der Waals surface area contributed by atoms with Gasteiger partial charge in [0.2, 0.25) is 5.91 Å². The molecule has 1 atom stereocenters. The Kier molecular flexibility index (Phi) is 7.43. The van der Waals surface area contributed by atoms with Gasteiger partial charge in [-0.05, 0) is 55.5 Å². The number of nitrogens with one attached hydrogen (secondary N) is 1. The largest absolute Gasteiger partial charge is 0.497 e. The first-order valence-electron chi connectivity index (χ1n) is 10.1. The van der Waals surface area contributed by atoms with Gasteiger partial charge < -0.3 is 24.4 Å². The van der Waals surface area contributed by atoms with Crippen molar-refractivity contribution in [1.29, 1.82) is 0 Å². The number of amides is 2. The number of hydrogen-bond acceptors (Lipinski definition) is 7. The number of carbonyl (C=O) groups is 4. The molecule has 1 aliphatic rings. The highest BCUT2D eigenvalue weighted by Gasteiger charge is 2.36. The molecule has 0 bridgehead atoms. The third kappa shape index (κ3) is 5.63. The monoisotopic (exact) mass is 440 g/mol. The fourth-order valence-electron chi connectivity index (χ4n) is 3.23. The van der Waals surface area contributed by atoms with Crippen LogP contribution in [0.25, 0.3) is 0 Å². The molecule has 168 valence electrons. The van der Waals surface area contributed by atoms with E-state index in [9.17, 15) is 19.2 Å². The zero-order chi connectivity index (χ0) is 23.1. The molecule has 1 fully saturated rings. The zero-order valence-corrected chi connectivity index (χ0v) is 17.8. The first-order valence-corrected chi connectivity index (χ1v) is 10.1. The number of esters is 2. The quantitative estimate of drug-likeness (QED) is 0.628. The standard InChI is InChI=1S/C23H24N2O7/c1-3-31-22(28)15-4-8-18(9-5-15)25-13-16(12-21(25)27)23(29)32-14-20(26)24-17-6-10-19(30-2)11-7-17/h4-11,16H,3,12-14H2,1-2H3,(H,24,26)/t16-/m1/s1. The van der Waals surface area contributed by atoms with Gasteiger partial charge in [0.25, 0.3) is 5.91 Å². The van der Waals surface area contributed by atoms with Crippen molar-refractivity contribution in [2.75, 3.05) is 37.1 Å². The molecule has 2 aromatic carbocycles. The summed E-state index contributed by atoms with van der Waals surface area (Å²) in [7, 11) is 1.54. The van der Waals surface area contributed by atoms with Crippen molar-refractivity contribution >= 4 is 35.1 Å². The maximum absolute atomic E-state index is 12.4. The second-order valence-electron chi connectivity index (χ2n) is 7.06. The topological polar surface area (TPSA) is 111 Å². The fourth-order valence-corrected chi connectivity index (χ4v) is 3.23. The average Bonchev–Trinajstić information content (AvgIpc) is 3.20. The van der Waals surface area contributed by atoms with Gasteiger partial charge >= 0.3 is 11.9 Å². The molecule has 9 heteroatoms. The molecule has 0 radical (unpaired) electrons. The Morgan fingerprint density at radius 3 is 2.34 bits per heavy atom. The highest BCUT2D eigenvalue weighted by atomic mass is 16.5. The minimum Gasteiger partial charge on any atom is -0.497 e. The summed E-state index contributed by atoms with van der Waals surface area (Å²) in [4.78, 5) is 50.0. The first-order chi connectivity index (χ1) is 15.4. The fraction of sp³-hybridized carbons (Fsp3) is 0.304. The summed E-state index contributed by atoms with van der Waals surface area (Å²) in [6.45, 7) is 1.67. The van der Waals surface area contributed by atoms with Crippen LogP contribution >= 0.6 is 0 Å². The molecule has 0 unspecified atom stereocenters. The number of benzene rings is 2. The van der Waals surface area contributed by atoms with Gasteiger partial charge in [0.15, 0.2) is 6.61 Å². The van der Waals surface area contributed by atoms with Crippen LogP contribution in [0.2, 0.25) is 0 Å². The van der Waals surface area contributed by atoms with Crippen LogP contribution < -0.4 is 15.0 Å². The van der Waals surface area contributed by atoms with E-state index in [1.165, 1.54) is 4.90 Å². The molecule has 2 aromatic rings. The number of anilines is 2. The average molecular weight is 440 g/mol. The van der Waals surface area contributed by atoms with Crippen LogP contribution in [0, 0.1) is 5.92 Å². The van der Waals surface area contributed by atoms with Crippen molar-refractivity contribution in [1.82, 2.24) is 0 Å². The van der Waals surface area contributed by atoms with Gasteiger partial charge in [-0.25, -0.2) is 4.79 Å². The molecule has 9 nitrogen and oxygen atoms in total. The van der Waals surface area contributed by atoms with Crippen molar-refractivity contribution in [2.45, 2.75) is 13.3 Å². The SMILES string of the molecule is CCOC(=O)c1ccc(N2C[C@H](C(=O)OCC(=O)Nc3ccc(OC)cc3)CC2=O)cc1. The van der Waals surface area contributed by atoms with Crippen LogP contribution in [0.1, 0.15) is 23.7 Å². The van der Waals surface area contributed by atoms with Crippen molar-refractivity contribution < 1.29 is 33.4 Å². The third-order valence-electron chi connectivity index (χ3n) is 4.87. The summed E-state index contributed by atoms with van der Waals surface area (Å²) in [6, 6.07) is 13.1. The van der Waals surface area contributed by atoms with E-state index in [0.29, 0.717) is 22.7 Å². The molecule has 1 N–H and O–H groups in total. The van der Waals surface area contributed by atoms with E-state index >= 15 is 0 Å². The lowest BCUT2D eigenvalue weighted by molar-refractivity contribution is -0.151. The number of rotatable bonds is 8. The smallest absolute Gasteiger partial charge is 0.338 e. The maximum atomic E-state index is 12.4. The van der Waals surface area contributed by atoms with E-state index < -0.39 is 30.4 Å². The number of ether oxygens (including phenoxy) is 3. The van der Waals surface area contributed by atoms with Gasteiger partial charge in [0.1, 0.15) is 5.75 Å². The van der Waals surface area contributed by atoms with Gasteiger partial charge in [-0.2, -0.15) is 0 Å². The molecular weight excluding hydrogens is 416 g/mol. The van der Waals surface area contributed by atoms with E-state index in [-0.39, 0.29) is 25.5 Å². The van der Waals surface area contributed by atoms with Crippen molar-refractivity contribution in [2.24, 2.45) is 5.92 Å². The van der Waals surface area contributed by atoms with Crippen LogP contribution in [0.3, 0.4) is 0 Å². The van der Waals surface area contributed by atoms with Crippen LogP contribution in [-0.4, -0.2) is 50.6 Å². The Morgan fingerprint density at radius 2 is 1.72 bits per heavy atom. The number of nitrogens with zero attached hydrogens (tertiary/aromatic N) is 1. The molecular formula is C23H24N2O7. The lowest BCUT2D eigenvalue weighted by atomic mass is 10.1. The van der Waals surface area contributed by atoms with E-state index in [4.69, 9.17) is 14.2 Å². The Bertz CT molecular complexity index is 986. The van der Waals surface area contributed by atoms with Crippen LogP contribution in [0.15, 0.2) is 48.5 Å². The lowest BCUT2D eigenvalue weighted by Crippen LogP contribution is -2.28. The predicted octanol–water partition coefficient (Wildman–Crippen LogP) is 2.41. The first kappa shape index (κ1) is 22.8. The van der Waals surface area contributed by atoms with Gasteiger partial charge in [-0.3, -0.25) is 14.4 Å². The van der Waals surface area contributed by atoms with Crippen molar-refractivity contribution in [3.8, 4) is 5.75 Å². The minimum atomic E-state index is -0.680. The van der Waals surface area contributed by atoms with Crippen LogP contribution in [0.5, 0.6) is 5.75 Å². The van der Waals surface area contributed by atoms with Crippen LogP contribution in [0.4, 0.5) is 11.4 Å². The molecule has 0 saturated carbocycles. The summed E-state index contributed by atoms with van der Waals surface area (Å²) in [5, 5.41) is 2.62. The van der Waals surface area contributed by atoms with Gasteiger partial charge in [-0.1, -0.05) is 0 Å². The summed E-state index contributed by atoms with van der Waals surface area (Å²) in [5.41, 5.74) is 1.48. The second-order valence-corrected chi connectivity index (χ2v) is 7.06. The molecule has 1 saturated heterocycles. The summed E-state index contributed by atoms with van der Waals surface area (Å²) in [6.07, 6.45) is -0.0153. The second kappa shape index (κ2) is 10.4. The Balaban J connectivity index is 1.51. The summed E-state index contributed by atoms with van der Waals surface area (Å²) < 4.78 is 15.1. The van der Waals surface area contributed by atoms with E-state index in [1.807, 2.05) is 0 Å². The van der Waals surface area contributed by atoms with E-state index in [0.717, 1.165) is 0 Å². The molecule has 3 rings (SSSR count). The van der Waals surface area contributed by atoms with Gasteiger partial charge in [-0.15, -0.1) is 0 Å². The predicted molar refractivity (Wildman–Crippen MR) is 115 cm³/mol. The molecule has 32 heavy (non-hydrogen) atoms. The molecule has 2 amide bonds. The molecule has 1 heterocycles. The highest BCUT2D eigenvalue weighted by molar-refractivity contribution is 6.00. The van der Waals surface area contributed by atoms with Crippen molar-refractivity contribution in [3.63, 3.8) is 0 Å². The highest BCUT2D eigenvalue weighted by Crippen LogP contribution is 2.26. The van der Waals surface area contributed by atoms with Crippen LogP contribution in [-0.2, 0) is 23.9 Å². The van der Waals surface area contributed by atoms with Crippen molar-refractivity contribution in [3.05, 3.63) is 54.1 Å². The Labute approximate surface area is 185 Å². The zero-order valence-electron chi connectivity index (χ0n) is 17.8. The Hall–Kier alpha value is -3.88. The molecule has 0 aromatic heterocycles. The molecule has 1 aliphatic heterocycles. The number of carbonyl (C=O) groups excluding carboxylic acids is 4. The summed E-state index contributed by atoms with van der Waals surface area (Å²) >= 11 is 0. The molecule has 0 spiro atoms. The van der Waals surface area contributed by atoms with E-state index in [2.05, 4.69) is 5.32 Å². The Morgan fingerprint density at radius 1 is 1.03 bits per heavy atom. The number of hydrogen-bond donors (Lipinski definition) is 1. The molecule has 0 aliphatic carbocycles. The lowest BCUT2D eigenvalue weighted by Gasteiger charge is -2.17. The normalized spacial score (nSPS) is 15.2. The minimum absolute atomic E-state index is 0.0153. The number of methoxy groups -OCH3 is 1. The van der Waals surface area contributed by atoms with Gasteiger partial charge in [0.05, 0.1) is 25.2 Å². The third-order valence-corrected chi connectivity index (χ3v) is 4.87. The van der Waals surface area contributed by atoms with E-state index in [1.54, 1.807) is 62.6 Å².